The molecule has 0 spiro atoms. The van der Waals surface area contributed by atoms with Crippen molar-refractivity contribution in [3.63, 3.8) is 0 Å². The van der Waals surface area contributed by atoms with Crippen molar-refractivity contribution in [2.24, 2.45) is 13.0 Å². The molecule has 2 atom stereocenters. The summed E-state index contributed by atoms with van der Waals surface area (Å²) >= 11 is 0. The molecule has 2 rings (SSSR count). The van der Waals surface area contributed by atoms with Crippen LogP contribution in [0.2, 0.25) is 0 Å². The molecule has 4 heteroatoms. The lowest BCUT2D eigenvalue weighted by Gasteiger charge is -2.36. The Morgan fingerprint density at radius 2 is 2.37 bits per heavy atom. The van der Waals surface area contributed by atoms with Gasteiger partial charge in [0, 0.05) is 32.4 Å². The number of nitrogens with one attached hydrogen (secondary N) is 1. The molecule has 1 aliphatic heterocycles. The maximum Gasteiger partial charge on any atom is 0.0522 e. The Labute approximate surface area is 117 Å². The summed E-state index contributed by atoms with van der Waals surface area (Å²) in [4.78, 5) is 2.62. The van der Waals surface area contributed by atoms with Gasteiger partial charge in [0.15, 0.2) is 0 Å². The van der Waals surface area contributed by atoms with Crippen LogP contribution in [0, 0.1) is 5.92 Å². The largest absolute Gasteiger partial charge is 0.314 e. The molecule has 1 aliphatic rings. The van der Waals surface area contributed by atoms with E-state index < -0.39 is 0 Å². The van der Waals surface area contributed by atoms with E-state index in [1.807, 2.05) is 17.9 Å². The first-order valence-corrected chi connectivity index (χ1v) is 7.62. The molecule has 0 saturated carbocycles. The normalized spacial score (nSPS) is 22.6. The molecule has 4 nitrogen and oxygen atoms in total. The molecule has 1 N–H and O–H groups in total. The Balaban J connectivity index is 1.77. The lowest BCUT2D eigenvalue weighted by Crippen LogP contribution is -2.44. The lowest BCUT2D eigenvalue weighted by atomic mass is 9.91. The molecule has 2 unspecified atom stereocenters. The number of piperidine rings is 1. The van der Waals surface area contributed by atoms with Crippen LogP contribution in [0.25, 0.3) is 0 Å². The van der Waals surface area contributed by atoms with Gasteiger partial charge in [0.05, 0.1) is 6.20 Å². The standard InChI is InChI=1S/C15H28N4/c1-4-16-13(2)15-6-5-8-19(12-15)9-7-14-10-17-18(3)11-14/h10-11,13,15-16H,4-9,12H2,1-3H3. The molecule has 108 valence electrons. The highest BCUT2D eigenvalue weighted by Gasteiger charge is 2.23. The third-order valence-electron chi connectivity index (χ3n) is 4.25. The summed E-state index contributed by atoms with van der Waals surface area (Å²) in [5, 5.41) is 7.81. The summed E-state index contributed by atoms with van der Waals surface area (Å²) in [6.07, 6.45) is 7.95. The first-order chi connectivity index (χ1) is 9.19. The highest BCUT2D eigenvalue weighted by molar-refractivity contribution is 5.04. The predicted molar refractivity (Wildman–Crippen MR) is 79.2 cm³/mol. The van der Waals surface area contributed by atoms with Crippen LogP contribution in [-0.4, -0.2) is 46.9 Å². The van der Waals surface area contributed by atoms with Crippen LogP contribution >= 0.6 is 0 Å². The fourth-order valence-electron chi connectivity index (χ4n) is 3.08. The Morgan fingerprint density at radius 1 is 1.53 bits per heavy atom. The highest BCUT2D eigenvalue weighted by atomic mass is 15.2. The molecule has 0 aromatic carbocycles. The number of hydrogen-bond donors (Lipinski definition) is 1. The maximum atomic E-state index is 4.24. The van der Waals surface area contributed by atoms with E-state index in [9.17, 15) is 0 Å². The first kappa shape index (κ1) is 14.5. The Morgan fingerprint density at radius 3 is 3.05 bits per heavy atom. The third-order valence-corrected chi connectivity index (χ3v) is 4.25. The van der Waals surface area contributed by atoms with Crippen LogP contribution in [0.5, 0.6) is 0 Å². The van der Waals surface area contributed by atoms with E-state index in [1.54, 1.807) is 0 Å². The summed E-state index contributed by atoms with van der Waals surface area (Å²) in [6.45, 7) is 9.27. The minimum absolute atomic E-state index is 0.645. The number of likely N-dealkylation sites (tertiary alicyclic amines) is 1. The number of aryl methyl sites for hydroxylation is 1. The number of aromatic nitrogens is 2. The van der Waals surface area contributed by atoms with Crippen LogP contribution in [0.3, 0.4) is 0 Å². The summed E-state index contributed by atoms with van der Waals surface area (Å²) < 4.78 is 1.89. The van der Waals surface area contributed by atoms with Crippen LogP contribution in [0.15, 0.2) is 12.4 Å². The van der Waals surface area contributed by atoms with Crippen molar-refractivity contribution in [2.75, 3.05) is 26.2 Å². The second-order valence-corrected chi connectivity index (χ2v) is 5.82. The summed E-state index contributed by atoms with van der Waals surface area (Å²) in [7, 11) is 1.98. The van der Waals surface area contributed by atoms with Crippen molar-refractivity contribution in [1.29, 1.82) is 0 Å². The van der Waals surface area contributed by atoms with E-state index in [2.05, 4.69) is 35.4 Å². The van der Waals surface area contributed by atoms with E-state index in [0.29, 0.717) is 6.04 Å². The highest BCUT2D eigenvalue weighted by Crippen LogP contribution is 2.20. The fraction of sp³-hybridized carbons (Fsp3) is 0.800. The van der Waals surface area contributed by atoms with Gasteiger partial charge in [-0.15, -0.1) is 0 Å². The monoisotopic (exact) mass is 264 g/mol. The van der Waals surface area contributed by atoms with Gasteiger partial charge in [-0.25, -0.2) is 0 Å². The van der Waals surface area contributed by atoms with E-state index in [-0.39, 0.29) is 0 Å². The predicted octanol–water partition coefficient (Wildman–Crippen LogP) is 1.67. The van der Waals surface area contributed by atoms with Gasteiger partial charge in [0.1, 0.15) is 0 Å². The average Bonchev–Trinajstić information content (AvgIpc) is 2.83. The van der Waals surface area contributed by atoms with Crippen LogP contribution in [0.1, 0.15) is 32.3 Å². The third kappa shape index (κ3) is 4.32. The molecule has 0 radical (unpaired) electrons. The molecule has 1 saturated heterocycles. The quantitative estimate of drug-likeness (QED) is 0.848. The fourth-order valence-corrected chi connectivity index (χ4v) is 3.08. The number of nitrogens with zero attached hydrogens (tertiary/aromatic N) is 3. The van der Waals surface area contributed by atoms with Gasteiger partial charge in [0.25, 0.3) is 0 Å². The van der Waals surface area contributed by atoms with Gasteiger partial charge in [-0.05, 0) is 50.8 Å². The molecule has 2 heterocycles. The maximum absolute atomic E-state index is 4.24. The van der Waals surface area contributed by atoms with E-state index >= 15 is 0 Å². The zero-order valence-electron chi connectivity index (χ0n) is 12.6. The lowest BCUT2D eigenvalue weighted by molar-refractivity contribution is 0.153. The molecule has 1 aromatic rings. The molecule has 0 bridgehead atoms. The first-order valence-electron chi connectivity index (χ1n) is 7.62. The smallest absolute Gasteiger partial charge is 0.0522 e. The van der Waals surface area contributed by atoms with E-state index in [1.165, 1.54) is 38.0 Å². The summed E-state index contributed by atoms with van der Waals surface area (Å²) in [6, 6.07) is 0.645. The second-order valence-electron chi connectivity index (χ2n) is 5.82. The van der Waals surface area contributed by atoms with Crippen molar-refractivity contribution in [2.45, 2.75) is 39.2 Å². The minimum atomic E-state index is 0.645. The Bertz CT molecular complexity index is 374. The van der Waals surface area contributed by atoms with Crippen molar-refractivity contribution in [3.8, 4) is 0 Å². The van der Waals surface area contributed by atoms with Crippen molar-refractivity contribution >= 4 is 0 Å². The van der Waals surface area contributed by atoms with E-state index in [4.69, 9.17) is 0 Å². The molecule has 0 aliphatic carbocycles. The van der Waals surface area contributed by atoms with Gasteiger partial charge < -0.3 is 10.2 Å². The Hall–Kier alpha value is -0.870. The Kier molecular flexibility index (Phi) is 5.40. The molecular formula is C15H28N4. The van der Waals surface area contributed by atoms with Gasteiger partial charge in [-0.1, -0.05) is 6.92 Å². The van der Waals surface area contributed by atoms with Crippen LogP contribution in [0.4, 0.5) is 0 Å². The van der Waals surface area contributed by atoms with Crippen molar-refractivity contribution in [3.05, 3.63) is 18.0 Å². The minimum Gasteiger partial charge on any atom is -0.314 e. The zero-order valence-corrected chi connectivity index (χ0v) is 12.6. The topological polar surface area (TPSA) is 33.1 Å². The molecule has 1 fully saturated rings. The molecule has 0 amide bonds. The summed E-state index contributed by atoms with van der Waals surface area (Å²) in [5.41, 5.74) is 1.35. The van der Waals surface area contributed by atoms with Gasteiger partial charge in [-0.3, -0.25) is 4.68 Å². The van der Waals surface area contributed by atoms with E-state index in [0.717, 1.165) is 18.9 Å². The molecular weight excluding hydrogens is 236 g/mol. The van der Waals surface area contributed by atoms with Crippen molar-refractivity contribution in [1.82, 2.24) is 20.0 Å². The molecule has 19 heavy (non-hydrogen) atoms. The zero-order chi connectivity index (χ0) is 13.7. The average molecular weight is 264 g/mol. The number of hydrogen-bond acceptors (Lipinski definition) is 3. The summed E-state index contributed by atoms with van der Waals surface area (Å²) in [5.74, 6) is 0.808. The molecule has 1 aromatic heterocycles. The SMILES string of the molecule is CCNC(C)C1CCCN(CCc2cnn(C)c2)C1. The van der Waals surface area contributed by atoms with Gasteiger partial charge in [-0.2, -0.15) is 5.10 Å². The van der Waals surface area contributed by atoms with Gasteiger partial charge >= 0.3 is 0 Å². The number of rotatable bonds is 6. The van der Waals surface area contributed by atoms with Crippen LogP contribution < -0.4 is 5.32 Å². The van der Waals surface area contributed by atoms with Crippen LogP contribution in [-0.2, 0) is 13.5 Å². The second kappa shape index (κ2) is 7.06. The van der Waals surface area contributed by atoms with Gasteiger partial charge in [0.2, 0.25) is 0 Å². The van der Waals surface area contributed by atoms with Crippen molar-refractivity contribution < 1.29 is 0 Å².